The van der Waals surface area contributed by atoms with Crippen molar-refractivity contribution in [1.82, 2.24) is 10.2 Å². The van der Waals surface area contributed by atoms with Crippen molar-refractivity contribution in [2.45, 2.75) is 52.7 Å². The predicted molar refractivity (Wildman–Crippen MR) is 121 cm³/mol. The lowest BCUT2D eigenvalue weighted by molar-refractivity contribution is -0.143. The number of rotatable bonds is 9. The first kappa shape index (κ1) is 24.0. The first-order chi connectivity index (χ1) is 14.2. The van der Waals surface area contributed by atoms with Crippen molar-refractivity contribution >= 4 is 35.0 Å². The molecular weight excluding hydrogens is 423 g/mol. The van der Waals surface area contributed by atoms with Crippen LogP contribution in [0.2, 0.25) is 10.0 Å². The fourth-order valence-electron chi connectivity index (χ4n) is 3.00. The highest BCUT2D eigenvalue weighted by atomic mass is 35.5. The van der Waals surface area contributed by atoms with Crippen LogP contribution in [0.15, 0.2) is 42.5 Å². The average molecular weight is 451 g/mol. The Balaban J connectivity index is 2.23. The third-order valence-corrected chi connectivity index (χ3v) is 5.28. The highest BCUT2D eigenvalue weighted by Crippen LogP contribution is 2.24. The normalized spacial score (nSPS) is 11.8. The monoisotopic (exact) mass is 450 g/mol. The molecule has 0 aliphatic rings. The van der Waals surface area contributed by atoms with Gasteiger partial charge in [-0.3, -0.25) is 9.59 Å². The maximum absolute atomic E-state index is 13.1. The molecule has 1 N–H and O–H groups in total. The summed E-state index contributed by atoms with van der Waals surface area (Å²) < 4.78 is 5.67. The van der Waals surface area contributed by atoms with Crippen molar-refractivity contribution in [2.24, 2.45) is 0 Å². The van der Waals surface area contributed by atoms with Gasteiger partial charge in [0.05, 0.1) is 10.0 Å². The zero-order chi connectivity index (χ0) is 22.3. The van der Waals surface area contributed by atoms with Crippen molar-refractivity contribution in [1.29, 1.82) is 0 Å². The maximum Gasteiger partial charge on any atom is 0.261 e. The van der Waals surface area contributed by atoms with E-state index in [1.54, 1.807) is 18.2 Å². The van der Waals surface area contributed by atoms with E-state index in [4.69, 9.17) is 27.9 Å². The van der Waals surface area contributed by atoms with Gasteiger partial charge in [0.1, 0.15) is 11.8 Å². The first-order valence-corrected chi connectivity index (χ1v) is 10.7. The van der Waals surface area contributed by atoms with Crippen LogP contribution in [0, 0.1) is 6.92 Å². The fraction of sp³-hybridized carbons (Fsp3) is 0.391. The second kappa shape index (κ2) is 11.2. The van der Waals surface area contributed by atoms with Crippen molar-refractivity contribution in [3.05, 3.63) is 63.6 Å². The summed E-state index contributed by atoms with van der Waals surface area (Å²) in [4.78, 5) is 27.4. The molecule has 0 radical (unpaired) electrons. The lowest BCUT2D eigenvalue weighted by Crippen LogP contribution is -2.51. The van der Waals surface area contributed by atoms with Crippen molar-refractivity contribution < 1.29 is 14.3 Å². The van der Waals surface area contributed by atoms with Gasteiger partial charge < -0.3 is 15.0 Å². The van der Waals surface area contributed by atoms with Crippen molar-refractivity contribution in [3.8, 4) is 5.75 Å². The number of amides is 2. The van der Waals surface area contributed by atoms with Gasteiger partial charge in [0, 0.05) is 12.6 Å². The van der Waals surface area contributed by atoms with Gasteiger partial charge in [0.2, 0.25) is 5.91 Å². The highest BCUT2D eigenvalue weighted by molar-refractivity contribution is 6.42. The van der Waals surface area contributed by atoms with Gasteiger partial charge in [-0.25, -0.2) is 0 Å². The molecule has 0 saturated heterocycles. The van der Waals surface area contributed by atoms with Gasteiger partial charge in [-0.15, -0.1) is 0 Å². The van der Waals surface area contributed by atoms with Crippen LogP contribution in [0.25, 0.3) is 0 Å². The minimum atomic E-state index is -0.629. The van der Waals surface area contributed by atoms with E-state index in [9.17, 15) is 9.59 Å². The highest BCUT2D eigenvalue weighted by Gasteiger charge is 2.29. The standard InChI is InChI=1S/C23H28Cl2N2O3/c1-5-21(23(29)26-15(2)3)27(13-17-8-11-19(24)20(25)12-17)22(28)14-30-18-9-6-16(4)7-10-18/h6-12,15,21H,5,13-14H2,1-4H3,(H,26,29)/t21-/m1/s1. The Bertz CT molecular complexity index is 869. The first-order valence-electron chi connectivity index (χ1n) is 9.94. The van der Waals surface area contributed by atoms with Gasteiger partial charge in [0.15, 0.2) is 6.61 Å². The van der Waals surface area contributed by atoms with E-state index >= 15 is 0 Å². The molecule has 2 amide bonds. The van der Waals surface area contributed by atoms with E-state index in [-0.39, 0.29) is 31.0 Å². The molecular formula is C23H28Cl2N2O3. The second-order valence-corrected chi connectivity index (χ2v) is 8.27. The molecule has 162 valence electrons. The van der Waals surface area contributed by atoms with Gasteiger partial charge in [-0.05, 0) is 57.0 Å². The van der Waals surface area contributed by atoms with Crippen LogP contribution in [-0.4, -0.2) is 35.4 Å². The topological polar surface area (TPSA) is 58.6 Å². The number of ether oxygens (including phenoxy) is 1. The van der Waals surface area contributed by atoms with Crippen molar-refractivity contribution in [2.75, 3.05) is 6.61 Å². The average Bonchev–Trinajstić information content (AvgIpc) is 2.69. The summed E-state index contributed by atoms with van der Waals surface area (Å²) in [6.07, 6.45) is 0.468. The van der Waals surface area contributed by atoms with Crippen LogP contribution in [0.3, 0.4) is 0 Å². The Morgan fingerprint density at radius 1 is 1.07 bits per heavy atom. The third kappa shape index (κ3) is 6.92. The number of benzene rings is 2. The van der Waals surface area contributed by atoms with Crippen LogP contribution in [-0.2, 0) is 16.1 Å². The molecule has 5 nitrogen and oxygen atoms in total. The molecule has 0 saturated carbocycles. The lowest BCUT2D eigenvalue weighted by atomic mass is 10.1. The minimum absolute atomic E-state index is 0.0303. The zero-order valence-electron chi connectivity index (χ0n) is 17.7. The molecule has 2 rings (SSSR count). The summed E-state index contributed by atoms with van der Waals surface area (Å²) in [6, 6.07) is 12.0. The van der Waals surface area contributed by atoms with Crippen LogP contribution >= 0.6 is 23.2 Å². The van der Waals surface area contributed by atoms with Crippen LogP contribution in [0.5, 0.6) is 5.75 Å². The summed E-state index contributed by atoms with van der Waals surface area (Å²) in [5, 5.41) is 3.73. The molecule has 0 aliphatic carbocycles. The van der Waals surface area contributed by atoms with Gasteiger partial charge >= 0.3 is 0 Å². The number of carbonyl (C=O) groups is 2. The molecule has 0 fully saturated rings. The predicted octanol–water partition coefficient (Wildman–Crippen LogP) is 5.01. The third-order valence-electron chi connectivity index (χ3n) is 4.54. The summed E-state index contributed by atoms with van der Waals surface area (Å²) in [5.41, 5.74) is 1.88. The molecule has 1 atom stereocenters. The van der Waals surface area contributed by atoms with E-state index in [0.717, 1.165) is 11.1 Å². The maximum atomic E-state index is 13.1. The van der Waals surface area contributed by atoms with E-state index in [1.165, 1.54) is 4.90 Å². The molecule has 0 heterocycles. The quantitative estimate of drug-likeness (QED) is 0.583. The Morgan fingerprint density at radius 2 is 1.73 bits per heavy atom. The largest absolute Gasteiger partial charge is 0.484 e. The molecule has 30 heavy (non-hydrogen) atoms. The van der Waals surface area contributed by atoms with Crippen LogP contribution in [0.1, 0.15) is 38.3 Å². The molecule has 7 heteroatoms. The molecule has 0 aromatic heterocycles. The van der Waals surface area contributed by atoms with Gasteiger partial charge in [-0.1, -0.05) is 53.9 Å². The smallest absolute Gasteiger partial charge is 0.261 e. The van der Waals surface area contributed by atoms with Crippen molar-refractivity contribution in [3.63, 3.8) is 0 Å². The van der Waals surface area contributed by atoms with Gasteiger partial charge in [-0.2, -0.15) is 0 Å². The molecule has 2 aromatic carbocycles. The Kier molecular flexibility index (Phi) is 9.00. The Hall–Kier alpha value is -2.24. The van der Waals surface area contributed by atoms with Crippen LogP contribution in [0.4, 0.5) is 0 Å². The lowest BCUT2D eigenvalue weighted by Gasteiger charge is -2.31. The number of nitrogens with zero attached hydrogens (tertiary/aromatic N) is 1. The fourth-order valence-corrected chi connectivity index (χ4v) is 3.32. The number of aryl methyl sites for hydroxylation is 1. The SMILES string of the molecule is CC[C@H](C(=O)NC(C)C)N(Cc1ccc(Cl)c(Cl)c1)C(=O)COc1ccc(C)cc1. The summed E-state index contributed by atoms with van der Waals surface area (Å²) in [7, 11) is 0. The van der Waals surface area contributed by atoms with E-state index in [2.05, 4.69) is 5.32 Å². The van der Waals surface area contributed by atoms with E-state index in [0.29, 0.717) is 22.2 Å². The molecule has 0 spiro atoms. The number of hydrogen-bond acceptors (Lipinski definition) is 3. The second-order valence-electron chi connectivity index (χ2n) is 7.46. The molecule has 2 aromatic rings. The zero-order valence-corrected chi connectivity index (χ0v) is 19.3. The Morgan fingerprint density at radius 3 is 2.30 bits per heavy atom. The van der Waals surface area contributed by atoms with Gasteiger partial charge in [0.25, 0.3) is 5.91 Å². The summed E-state index contributed by atoms with van der Waals surface area (Å²) >= 11 is 12.1. The molecule has 0 aliphatic heterocycles. The number of hydrogen-bond donors (Lipinski definition) is 1. The molecule has 0 bridgehead atoms. The summed E-state index contributed by atoms with van der Waals surface area (Å²) in [5.74, 6) is 0.117. The van der Waals surface area contributed by atoms with E-state index < -0.39 is 6.04 Å². The minimum Gasteiger partial charge on any atom is -0.484 e. The number of halogens is 2. The van der Waals surface area contributed by atoms with E-state index in [1.807, 2.05) is 52.0 Å². The summed E-state index contributed by atoms with van der Waals surface area (Å²) in [6.45, 7) is 7.67. The number of carbonyl (C=O) groups excluding carboxylic acids is 2. The van der Waals surface area contributed by atoms with Crippen LogP contribution < -0.4 is 10.1 Å². The number of nitrogens with one attached hydrogen (secondary N) is 1. The molecule has 0 unspecified atom stereocenters. The Labute approximate surface area is 188 Å².